The number of amides is 1. The molecule has 27 heavy (non-hydrogen) atoms. The van der Waals surface area contributed by atoms with E-state index in [9.17, 15) is 4.79 Å². The summed E-state index contributed by atoms with van der Waals surface area (Å²) < 4.78 is 0. The maximum absolute atomic E-state index is 12.7. The van der Waals surface area contributed by atoms with E-state index >= 15 is 0 Å². The van der Waals surface area contributed by atoms with Crippen LogP contribution in [0.25, 0.3) is 0 Å². The Hall–Kier alpha value is -3.21. The third-order valence-electron chi connectivity index (χ3n) is 4.43. The fraction of sp³-hybridized carbons (Fsp3) is 0.227. The Morgan fingerprint density at radius 3 is 2.22 bits per heavy atom. The zero-order valence-corrected chi connectivity index (χ0v) is 15.7. The zero-order valence-electron chi connectivity index (χ0n) is 15.7. The first-order chi connectivity index (χ1) is 13.2. The largest absolute Gasteiger partial charge is 0.362 e. The lowest BCUT2D eigenvalue weighted by molar-refractivity contribution is 0.0745. The Morgan fingerprint density at radius 1 is 0.963 bits per heavy atom. The lowest BCUT2D eigenvalue weighted by Crippen LogP contribution is -2.31. The van der Waals surface area contributed by atoms with Crippen LogP contribution in [0.1, 0.15) is 41.5 Å². The van der Waals surface area contributed by atoms with E-state index in [1.165, 1.54) is 5.56 Å². The van der Waals surface area contributed by atoms with Crippen molar-refractivity contribution in [3.05, 3.63) is 89.6 Å². The molecule has 0 aliphatic carbocycles. The molecule has 138 valence electrons. The summed E-state index contributed by atoms with van der Waals surface area (Å²) in [7, 11) is 0. The molecule has 0 aliphatic heterocycles. The van der Waals surface area contributed by atoms with Gasteiger partial charge in [-0.1, -0.05) is 60.7 Å². The molecule has 3 aromatic rings. The standard InChI is InChI=1S/C22H24N4O/c1-3-26(16-18-10-6-4-7-11-18)22(27)20-14-15-21(25-24-20)23-17(2)19-12-8-5-9-13-19/h4-15,17H,3,16H2,1-2H3,(H,23,25). The molecule has 0 saturated carbocycles. The summed E-state index contributed by atoms with van der Waals surface area (Å²) in [6.07, 6.45) is 0. The van der Waals surface area contributed by atoms with Gasteiger partial charge in [-0.05, 0) is 37.1 Å². The first kappa shape index (κ1) is 18.6. The Bertz CT molecular complexity index is 851. The first-order valence-electron chi connectivity index (χ1n) is 9.15. The predicted molar refractivity (Wildman–Crippen MR) is 107 cm³/mol. The smallest absolute Gasteiger partial charge is 0.274 e. The van der Waals surface area contributed by atoms with Gasteiger partial charge in [0.05, 0.1) is 0 Å². The van der Waals surface area contributed by atoms with E-state index in [4.69, 9.17) is 0 Å². The third-order valence-corrected chi connectivity index (χ3v) is 4.43. The Kier molecular flexibility index (Phi) is 6.15. The summed E-state index contributed by atoms with van der Waals surface area (Å²) in [5, 5.41) is 11.6. The fourth-order valence-corrected chi connectivity index (χ4v) is 2.86. The molecule has 1 amide bonds. The van der Waals surface area contributed by atoms with Crippen molar-refractivity contribution in [2.24, 2.45) is 0 Å². The number of rotatable bonds is 7. The topological polar surface area (TPSA) is 58.1 Å². The second kappa shape index (κ2) is 8.94. The molecule has 0 bridgehead atoms. The first-order valence-corrected chi connectivity index (χ1v) is 9.15. The monoisotopic (exact) mass is 360 g/mol. The summed E-state index contributed by atoms with van der Waals surface area (Å²) in [6.45, 7) is 5.20. The summed E-state index contributed by atoms with van der Waals surface area (Å²) in [5.74, 6) is 0.533. The molecule has 5 nitrogen and oxygen atoms in total. The second-order valence-corrected chi connectivity index (χ2v) is 6.39. The lowest BCUT2D eigenvalue weighted by Gasteiger charge is -2.20. The molecule has 1 heterocycles. The minimum Gasteiger partial charge on any atom is -0.362 e. The van der Waals surface area contributed by atoms with Crippen LogP contribution >= 0.6 is 0 Å². The van der Waals surface area contributed by atoms with Crippen LogP contribution in [0.4, 0.5) is 5.82 Å². The lowest BCUT2D eigenvalue weighted by atomic mass is 10.1. The van der Waals surface area contributed by atoms with Gasteiger partial charge in [-0.3, -0.25) is 4.79 Å². The Morgan fingerprint density at radius 2 is 1.63 bits per heavy atom. The van der Waals surface area contributed by atoms with Gasteiger partial charge in [0.15, 0.2) is 5.69 Å². The molecule has 0 radical (unpaired) electrons. The van der Waals surface area contributed by atoms with Gasteiger partial charge in [-0.2, -0.15) is 0 Å². The van der Waals surface area contributed by atoms with Gasteiger partial charge in [0.25, 0.3) is 5.91 Å². The number of nitrogens with zero attached hydrogens (tertiary/aromatic N) is 3. The van der Waals surface area contributed by atoms with Gasteiger partial charge in [0.1, 0.15) is 5.82 Å². The molecule has 1 aromatic heterocycles. The quantitative estimate of drug-likeness (QED) is 0.682. The molecule has 1 N–H and O–H groups in total. The van der Waals surface area contributed by atoms with Crippen molar-refractivity contribution >= 4 is 11.7 Å². The van der Waals surface area contributed by atoms with Crippen molar-refractivity contribution in [3.63, 3.8) is 0 Å². The van der Waals surface area contributed by atoms with Crippen molar-refractivity contribution in [3.8, 4) is 0 Å². The van der Waals surface area contributed by atoms with Crippen molar-refractivity contribution in [2.75, 3.05) is 11.9 Å². The van der Waals surface area contributed by atoms with E-state index in [1.54, 1.807) is 17.0 Å². The number of anilines is 1. The molecule has 1 unspecified atom stereocenters. The van der Waals surface area contributed by atoms with E-state index in [2.05, 4.69) is 34.6 Å². The highest BCUT2D eigenvalue weighted by Crippen LogP contribution is 2.17. The SMILES string of the molecule is CCN(Cc1ccccc1)C(=O)c1ccc(NC(C)c2ccccc2)nn1. The molecule has 1 atom stereocenters. The molecule has 3 rings (SSSR count). The molecule has 0 fully saturated rings. The molecule has 0 saturated heterocycles. The molecule has 2 aromatic carbocycles. The van der Waals surface area contributed by atoms with Gasteiger partial charge in [0, 0.05) is 19.1 Å². The van der Waals surface area contributed by atoms with Gasteiger partial charge in [-0.25, -0.2) is 0 Å². The van der Waals surface area contributed by atoms with Crippen molar-refractivity contribution in [2.45, 2.75) is 26.4 Å². The second-order valence-electron chi connectivity index (χ2n) is 6.39. The number of carbonyl (C=O) groups is 1. The van der Waals surface area contributed by atoms with Crippen LogP contribution in [-0.4, -0.2) is 27.5 Å². The van der Waals surface area contributed by atoms with Gasteiger partial charge >= 0.3 is 0 Å². The highest BCUT2D eigenvalue weighted by molar-refractivity contribution is 5.92. The van der Waals surface area contributed by atoms with Crippen molar-refractivity contribution in [1.29, 1.82) is 0 Å². The number of hydrogen-bond donors (Lipinski definition) is 1. The number of nitrogens with one attached hydrogen (secondary N) is 1. The van der Waals surface area contributed by atoms with E-state index in [0.717, 1.165) is 5.56 Å². The van der Waals surface area contributed by atoms with Crippen molar-refractivity contribution < 1.29 is 4.79 Å². The highest BCUT2D eigenvalue weighted by Gasteiger charge is 2.17. The van der Waals surface area contributed by atoms with Crippen LogP contribution in [0, 0.1) is 0 Å². The maximum atomic E-state index is 12.7. The van der Waals surface area contributed by atoms with Crippen LogP contribution in [0.2, 0.25) is 0 Å². The van der Waals surface area contributed by atoms with Crippen LogP contribution in [-0.2, 0) is 6.54 Å². The van der Waals surface area contributed by atoms with Crippen LogP contribution in [0.15, 0.2) is 72.8 Å². The Balaban J connectivity index is 1.65. The van der Waals surface area contributed by atoms with Gasteiger partial charge < -0.3 is 10.2 Å². The normalized spacial score (nSPS) is 11.6. The molecule has 0 spiro atoms. The summed E-state index contributed by atoms with van der Waals surface area (Å²) in [5.41, 5.74) is 2.61. The van der Waals surface area contributed by atoms with Gasteiger partial charge in [0.2, 0.25) is 0 Å². The van der Waals surface area contributed by atoms with E-state index in [0.29, 0.717) is 24.6 Å². The average Bonchev–Trinajstić information content (AvgIpc) is 2.73. The molecule has 0 aliphatic rings. The third kappa shape index (κ3) is 4.91. The predicted octanol–water partition coefficient (Wildman–Crippen LogP) is 4.31. The average molecular weight is 360 g/mol. The van der Waals surface area contributed by atoms with E-state index in [1.807, 2.05) is 55.5 Å². The van der Waals surface area contributed by atoms with Crippen molar-refractivity contribution in [1.82, 2.24) is 15.1 Å². The summed E-state index contributed by atoms with van der Waals surface area (Å²) in [4.78, 5) is 14.5. The highest BCUT2D eigenvalue weighted by atomic mass is 16.2. The van der Waals surface area contributed by atoms with Crippen LogP contribution in [0.5, 0.6) is 0 Å². The minimum absolute atomic E-state index is 0.104. The minimum atomic E-state index is -0.114. The zero-order chi connectivity index (χ0) is 19.1. The Labute approximate surface area is 160 Å². The number of carbonyl (C=O) groups excluding carboxylic acids is 1. The van der Waals surface area contributed by atoms with Crippen LogP contribution in [0.3, 0.4) is 0 Å². The number of aromatic nitrogens is 2. The fourth-order valence-electron chi connectivity index (χ4n) is 2.86. The van der Waals surface area contributed by atoms with E-state index < -0.39 is 0 Å². The van der Waals surface area contributed by atoms with Gasteiger partial charge in [-0.15, -0.1) is 10.2 Å². The molecular weight excluding hydrogens is 336 g/mol. The molecular formula is C22H24N4O. The summed E-state index contributed by atoms with van der Waals surface area (Å²) >= 11 is 0. The maximum Gasteiger partial charge on any atom is 0.274 e. The summed E-state index contributed by atoms with van der Waals surface area (Å²) in [6, 6.07) is 23.7. The number of hydrogen-bond acceptors (Lipinski definition) is 4. The number of benzene rings is 2. The van der Waals surface area contributed by atoms with Crippen LogP contribution < -0.4 is 5.32 Å². The van der Waals surface area contributed by atoms with E-state index in [-0.39, 0.29) is 11.9 Å². The molecule has 5 heteroatoms.